The van der Waals surface area contributed by atoms with Crippen molar-refractivity contribution in [2.24, 2.45) is 23.2 Å². The molecule has 2 N–H and O–H groups in total. The molecule has 178 valence electrons. The van der Waals surface area contributed by atoms with E-state index in [9.17, 15) is 29.4 Å². The van der Waals surface area contributed by atoms with E-state index in [0.717, 1.165) is 0 Å². The van der Waals surface area contributed by atoms with E-state index in [1.165, 1.54) is 6.92 Å². The lowest BCUT2D eigenvalue weighted by molar-refractivity contribution is -0.217. The number of carboxylic acids is 2. The molecule has 0 bridgehead atoms. The van der Waals surface area contributed by atoms with E-state index < -0.39 is 60.4 Å². The summed E-state index contributed by atoms with van der Waals surface area (Å²) in [6.07, 6.45) is -2.56. The van der Waals surface area contributed by atoms with Gasteiger partial charge in [0.25, 0.3) is 0 Å². The Morgan fingerprint density at radius 1 is 0.968 bits per heavy atom. The molecule has 1 aliphatic rings. The number of hydrogen-bond donors (Lipinski definition) is 2. The molecule has 0 aromatic rings. The highest BCUT2D eigenvalue weighted by molar-refractivity contribution is 5.71. The van der Waals surface area contributed by atoms with Crippen LogP contribution >= 0.6 is 0 Å². The smallest absolute Gasteiger partial charge is 0.306 e. The standard InChI is InChI=1S/C22H36O9/c1-12(2)7-16-21(31-20(28)10-22(4,5)6)15(9-19(26)27)14(8-18(24)25)17(30-16)11-29-13(3)23/h12,14-17,21H,7-11H2,1-6H3,(H,24,25)(H,26,27)/t14-,15-,16-,17+,21+/m1/s1. The predicted molar refractivity (Wildman–Crippen MR) is 110 cm³/mol. The first kappa shape index (κ1) is 26.9. The van der Waals surface area contributed by atoms with E-state index in [-0.39, 0.29) is 30.8 Å². The van der Waals surface area contributed by atoms with E-state index in [0.29, 0.717) is 6.42 Å². The maximum atomic E-state index is 12.6. The fourth-order valence-corrected chi connectivity index (χ4v) is 3.96. The monoisotopic (exact) mass is 444 g/mol. The molecule has 1 aliphatic heterocycles. The molecule has 31 heavy (non-hydrogen) atoms. The Kier molecular flexibility index (Phi) is 9.93. The van der Waals surface area contributed by atoms with Crippen LogP contribution in [0.4, 0.5) is 0 Å². The summed E-state index contributed by atoms with van der Waals surface area (Å²) in [5.41, 5.74) is -0.333. The molecule has 0 unspecified atom stereocenters. The van der Waals surface area contributed by atoms with Gasteiger partial charge in [-0.05, 0) is 17.8 Å². The summed E-state index contributed by atoms with van der Waals surface area (Å²) in [6.45, 7) is 10.6. The minimum Gasteiger partial charge on any atom is -0.481 e. The van der Waals surface area contributed by atoms with Crippen LogP contribution in [0.1, 0.15) is 67.2 Å². The quantitative estimate of drug-likeness (QED) is 0.487. The van der Waals surface area contributed by atoms with Crippen molar-refractivity contribution in [3.63, 3.8) is 0 Å². The molecule has 5 atom stereocenters. The van der Waals surface area contributed by atoms with E-state index in [1.807, 2.05) is 34.6 Å². The van der Waals surface area contributed by atoms with Crippen LogP contribution in [0.5, 0.6) is 0 Å². The van der Waals surface area contributed by atoms with Gasteiger partial charge in [0, 0.05) is 18.8 Å². The van der Waals surface area contributed by atoms with Crippen molar-refractivity contribution >= 4 is 23.9 Å². The van der Waals surface area contributed by atoms with Gasteiger partial charge in [-0.3, -0.25) is 19.2 Å². The molecule has 1 fully saturated rings. The first-order valence-corrected chi connectivity index (χ1v) is 10.6. The van der Waals surface area contributed by atoms with Crippen LogP contribution in [0.15, 0.2) is 0 Å². The molecule has 9 nitrogen and oxygen atoms in total. The SMILES string of the molecule is CC(=O)OC[C@@H]1O[C@H](CC(C)C)[C@@H](OC(=O)CC(C)(C)C)[C@H](CC(=O)O)[C@H]1CC(=O)O. The van der Waals surface area contributed by atoms with Gasteiger partial charge in [0.15, 0.2) is 0 Å². The highest BCUT2D eigenvalue weighted by Crippen LogP contribution is 2.40. The second-order valence-electron chi connectivity index (χ2n) is 9.86. The van der Waals surface area contributed by atoms with Gasteiger partial charge in [0.2, 0.25) is 0 Å². The maximum Gasteiger partial charge on any atom is 0.306 e. The molecule has 0 radical (unpaired) electrons. The minimum atomic E-state index is -1.14. The van der Waals surface area contributed by atoms with Crippen LogP contribution in [-0.2, 0) is 33.4 Å². The van der Waals surface area contributed by atoms with Gasteiger partial charge in [-0.25, -0.2) is 0 Å². The van der Waals surface area contributed by atoms with Crippen LogP contribution in [0.2, 0.25) is 0 Å². The molecule has 0 aliphatic carbocycles. The van der Waals surface area contributed by atoms with Crippen LogP contribution in [0.3, 0.4) is 0 Å². The summed E-state index contributed by atoms with van der Waals surface area (Å²) < 4.78 is 16.9. The third kappa shape index (κ3) is 9.67. The lowest BCUT2D eigenvalue weighted by Crippen LogP contribution is -2.55. The number of aliphatic carboxylic acids is 2. The van der Waals surface area contributed by atoms with E-state index in [4.69, 9.17) is 14.2 Å². The molecule has 0 aromatic carbocycles. The number of ether oxygens (including phenoxy) is 3. The zero-order chi connectivity index (χ0) is 23.9. The minimum absolute atomic E-state index is 0.123. The van der Waals surface area contributed by atoms with Crippen molar-refractivity contribution in [3.05, 3.63) is 0 Å². The fraction of sp³-hybridized carbons (Fsp3) is 0.818. The van der Waals surface area contributed by atoms with Crippen molar-refractivity contribution < 1.29 is 43.6 Å². The highest BCUT2D eigenvalue weighted by atomic mass is 16.6. The summed E-state index contributed by atoms with van der Waals surface area (Å²) in [6, 6.07) is 0. The Morgan fingerprint density at radius 2 is 1.52 bits per heavy atom. The Balaban J connectivity index is 3.32. The fourth-order valence-electron chi connectivity index (χ4n) is 3.96. The molecule has 0 spiro atoms. The number of hydrogen-bond acceptors (Lipinski definition) is 7. The average Bonchev–Trinajstić information content (AvgIpc) is 2.55. The number of esters is 2. The average molecular weight is 445 g/mol. The number of rotatable bonds is 10. The third-order valence-electron chi connectivity index (χ3n) is 5.08. The molecular formula is C22H36O9. The molecule has 0 amide bonds. The predicted octanol–water partition coefficient (Wildman–Crippen LogP) is 2.89. The maximum absolute atomic E-state index is 12.6. The van der Waals surface area contributed by atoms with Crippen LogP contribution in [0, 0.1) is 23.2 Å². The van der Waals surface area contributed by atoms with Crippen molar-refractivity contribution in [3.8, 4) is 0 Å². The van der Waals surface area contributed by atoms with Crippen LogP contribution in [-0.4, -0.2) is 59.0 Å². The largest absolute Gasteiger partial charge is 0.481 e. The topological polar surface area (TPSA) is 136 Å². The molecule has 0 saturated carbocycles. The zero-order valence-corrected chi connectivity index (χ0v) is 19.3. The van der Waals surface area contributed by atoms with Gasteiger partial charge in [0.1, 0.15) is 12.7 Å². The van der Waals surface area contributed by atoms with Crippen molar-refractivity contribution in [2.45, 2.75) is 85.5 Å². The zero-order valence-electron chi connectivity index (χ0n) is 19.3. The summed E-state index contributed by atoms with van der Waals surface area (Å²) in [5, 5.41) is 18.9. The second kappa shape index (κ2) is 11.5. The highest BCUT2D eigenvalue weighted by Gasteiger charge is 2.49. The first-order valence-electron chi connectivity index (χ1n) is 10.6. The number of carbonyl (C=O) groups excluding carboxylic acids is 2. The molecular weight excluding hydrogens is 408 g/mol. The lowest BCUT2D eigenvalue weighted by atomic mass is 9.74. The Bertz CT molecular complexity index is 650. The lowest BCUT2D eigenvalue weighted by Gasteiger charge is -2.46. The number of carbonyl (C=O) groups is 4. The van der Waals surface area contributed by atoms with Crippen molar-refractivity contribution in [2.75, 3.05) is 6.61 Å². The van der Waals surface area contributed by atoms with Gasteiger partial charge in [-0.15, -0.1) is 0 Å². The molecule has 1 rings (SSSR count). The van der Waals surface area contributed by atoms with E-state index in [1.54, 1.807) is 0 Å². The van der Waals surface area contributed by atoms with Crippen LogP contribution < -0.4 is 0 Å². The first-order chi connectivity index (χ1) is 14.2. The molecule has 1 heterocycles. The number of carboxylic acid groups (broad SMARTS) is 2. The van der Waals surface area contributed by atoms with E-state index >= 15 is 0 Å². The van der Waals surface area contributed by atoms with Gasteiger partial charge in [-0.2, -0.15) is 0 Å². The Labute approximate surface area is 183 Å². The Hall–Kier alpha value is -2.16. The van der Waals surface area contributed by atoms with Gasteiger partial charge in [0.05, 0.1) is 31.5 Å². The normalized spacial score (nSPS) is 26.4. The molecule has 1 saturated heterocycles. The van der Waals surface area contributed by atoms with Gasteiger partial charge >= 0.3 is 23.9 Å². The second-order valence-corrected chi connectivity index (χ2v) is 9.86. The summed E-state index contributed by atoms with van der Waals surface area (Å²) in [7, 11) is 0. The summed E-state index contributed by atoms with van der Waals surface area (Å²) >= 11 is 0. The summed E-state index contributed by atoms with van der Waals surface area (Å²) in [5.74, 6) is -4.76. The Morgan fingerprint density at radius 3 is 1.97 bits per heavy atom. The van der Waals surface area contributed by atoms with Crippen LogP contribution in [0.25, 0.3) is 0 Å². The van der Waals surface area contributed by atoms with Gasteiger partial charge < -0.3 is 24.4 Å². The van der Waals surface area contributed by atoms with Gasteiger partial charge in [-0.1, -0.05) is 34.6 Å². The molecule has 9 heteroatoms. The third-order valence-corrected chi connectivity index (χ3v) is 5.08. The van der Waals surface area contributed by atoms with Crippen molar-refractivity contribution in [1.29, 1.82) is 0 Å². The van der Waals surface area contributed by atoms with E-state index in [2.05, 4.69) is 0 Å². The van der Waals surface area contributed by atoms with Crippen molar-refractivity contribution in [1.82, 2.24) is 0 Å². The summed E-state index contributed by atoms with van der Waals surface area (Å²) in [4.78, 5) is 47.1. The molecule has 0 aromatic heterocycles.